The molecule has 1 aliphatic rings. The number of hydrogen-bond donors (Lipinski definition) is 2. The number of nitrogens with one attached hydrogen (secondary N) is 2. The Morgan fingerprint density at radius 2 is 1.89 bits per heavy atom. The molecule has 5 nitrogen and oxygen atoms in total. The van der Waals surface area contributed by atoms with Crippen molar-refractivity contribution < 1.29 is 14.4 Å². The summed E-state index contributed by atoms with van der Waals surface area (Å²) in [5, 5.41) is 3.74. The zero-order valence-electron chi connectivity index (χ0n) is 15.9. The number of rotatable bonds is 6. The van der Waals surface area contributed by atoms with Gasteiger partial charge in [0.25, 0.3) is 5.91 Å². The minimum Gasteiger partial charge on any atom is -0.494 e. The third-order valence-corrected chi connectivity index (χ3v) is 5.08. The summed E-state index contributed by atoms with van der Waals surface area (Å²) in [4.78, 5) is 16.0. The highest BCUT2D eigenvalue weighted by Crippen LogP contribution is 2.24. The summed E-state index contributed by atoms with van der Waals surface area (Å²) in [5.74, 6) is 0.857. The van der Waals surface area contributed by atoms with Gasteiger partial charge < -0.3 is 19.9 Å². The van der Waals surface area contributed by atoms with Crippen LogP contribution in [-0.2, 0) is 4.79 Å². The summed E-state index contributed by atoms with van der Waals surface area (Å²) in [6.45, 7) is 8.89. The van der Waals surface area contributed by atoms with Gasteiger partial charge in [-0.05, 0) is 55.8 Å². The van der Waals surface area contributed by atoms with Crippen molar-refractivity contribution in [2.45, 2.75) is 13.8 Å². The highest BCUT2D eigenvalue weighted by molar-refractivity contribution is 6.30. The molecule has 1 saturated heterocycles. The number of quaternary nitrogens is 1. The van der Waals surface area contributed by atoms with E-state index in [1.165, 1.54) is 16.2 Å². The van der Waals surface area contributed by atoms with E-state index in [-0.39, 0.29) is 5.91 Å². The number of halogens is 1. The molecule has 0 radical (unpaired) electrons. The minimum atomic E-state index is 0.0431. The number of anilines is 2. The van der Waals surface area contributed by atoms with Crippen LogP contribution in [0.3, 0.4) is 0 Å². The predicted octanol–water partition coefficient (Wildman–Crippen LogP) is 2.39. The molecule has 1 fully saturated rings. The van der Waals surface area contributed by atoms with Gasteiger partial charge in [0.15, 0.2) is 6.54 Å². The molecule has 0 unspecified atom stereocenters. The van der Waals surface area contributed by atoms with E-state index in [2.05, 4.69) is 23.2 Å². The van der Waals surface area contributed by atoms with Crippen LogP contribution in [0, 0.1) is 6.92 Å². The van der Waals surface area contributed by atoms with Crippen LogP contribution in [-0.4, -0.2) is 45.2 Å². The third kappa shape index (κ3) is 5.37. The van der Waals surface area contributed by atoms with Gasteiger partial charge >= 0.3 is 0 Å². The van der Waals surface area contributed by atoms with Gasteiger partial charge in [-0.25, -0.2) is 0 Å². The van der Waals surface area contributed by atoms with E-state index in [4.69, 9.17) is 16.3 Å². The smallest absolute Gasteiger partial charge is 0.279 e. The Bertz CT molecular complexity index is 771. The first-order chi connectivity index (χ1) is 13.0. The van der Waals surface area contributed by atoms with Gasteiger partial charge in [0.2, 0.25) is 0 Å². The lowest BCUT2D eigenvalue weighted by molar-refractivity contribution is -0.892. The van der Waals surface area contributed by atoms with Crippen molar-refractivity contribution in [1.29, 1.82) is 0 Å². The van der Waals surface area contributed by atoms with Crippen LogP contribution in [0.15, 0.2) is 42.5 Å². The average molecular weight is 389 g/mol. The highest BCUT2D eigenvalue weighted by Gasteiger charge is 2.23. The zero-order valence-corrected chi connectivity index (χ0v) is 16.7. The number of carbonyl (C=O) groups is 1. The highest BCUT2D eigenvalue weighted by atomic mass is 35.5. The van der Waals surface area contributed by atoms with Crippen LogP contribution < -0.4 is 19.9 Å². The topological polar surface area (TPSA) is 46.0 Å². The number of amides is 1. The molecular formula is C21H27ClN3O2+. The number of hydrogen-bond acceptors (Lipinski definition) is 3. The van der Waals surface area contributed by atoms with E-state index in [1.807, 2.05) is 43.3 Å². The van der Waals surface area contributed by atoms with E-state index < -0.39 is 0 Å². The lowest BCUT2D eigenvalue weighted by atomic mass is 10.1. The summed E-state index contributed by atoms with van der Waals surface area (Å²) in [7, 11) is 0. The molecule has 6 heteroatoms. The van der Waals surface area contributed by atoms with Gasteiger partial charge in [-0.2, -0.15) is 0 Å². The molecule has 0 bridgehead atoms. The SMILES string of the molecule is CCOc1ccc(NC(=O)C[NH+]2CCN(c3cc(Cl)ccc3C)CC2)cc1. The molecule has 2 aromatic rings. The molecule has 0 aliphatic carbocycles. The number of piperazine rings is 1. The molecule has 0 spiro atoms. The number of carbonyl (C=O) groups excluding carboxylic acids is 1. The minimum absolute atomic E-state index is 0.0431. The first kappa shape index (κ1) is 19.5. The van der Waals surface area contributed by atoms with E-state index in [9.17, 15) is 4.79 Å². The van der Waals surface area contributed by atoms with Crippen LogP contribution in [0.4, 0.5) is 11.4 Å². The van der Waals surface area contributed by atoms with Crippen LogP contribution in [0.25, 0.3) is 0 Å². The van der Waals surface area contributed by atoms with Crippen molar-refractivity contribution in [3.8, 4) is 5.75 Å². The molecule has 0 saturated carbocycles. The van der Waals surface area contributed by atoms with Crippen molar-refractivity contribution in [1.82, 2.24) is 0 Å². The monoisotopic (exact) mass is 388 g/mol. The third-order valence-electron chi connectivity index (χ3n) is 4.84. The Morgan fingerprint density at radius 3 is 2.56 bits per heavy atom. The molecule has 2 N–H and O–H groups in total. The predicted molar refractivity (Wildman–Crippen MR) is 110 cm³/mol. The first-order valence-corrected chi connectivity index (χ1v) is 9.80. The quantitative estimate of drug-likeness (QED) is 0.798. The number of benzene rings is 2. The van der Waals surface area contributed by atoms with Gasteiger partial charge in [-0.1, -0.05) is 17.7 Å². The van der Waals surface area contributed by atoms with Crippen LogP contribution >= 0.6 is 11.6 Å². The van der Waals surface area contributed by atoms with Crippen LogP contribution in [0.2, 0.25) is 5.02 Å². The normalized spacial score (nSPS) is 14.9. The fourth-order valence-electron chi connectivity index (χ4n) is 3.40. The number of nitrogens with zero attached hydrogens (tertiary/aromatic N) is 1. The number of aryl methyl sites for hydroxylation is 1. The second kappa shape index (κ2) is 9.11. The molecular weight excluding hydrogens is 362 g/mol. The second-order valence-corrected chi connectivity index (χ2v) is 7.29. The van der Waals surface area contributed by atoms with E-state index in [0.717, 1.165) is 42.6 Å². The summed E-state index contributed by atoms with van der Waals surface area (Å²) in [6, 6.07) is 13.5. The van der Waals surface area contributed by atoms with Gasteiger partial charge in [0, 0.05) is 16.4 Å². The maximum absolute atomic E-state index is 12.3. The maximum atomic E-state index is 12.3. The summed E-state index contributed by atoms with van der Waals surface area (Å²) >= 11 is 6.15. The molecule has 0 atom stereocenters. The first-order valence-electron chi connectivity index (χ1n) is 9.42. The Balaban J connectivity index is 1.48. The van der Waals surface area contributed by atoms with Gasteiger partial charge in [0.1, 0.15) is 5.75 Å². The van der Waals surface area contributed by atoms with Crippen molar-refractivity contribution in [3.05, 3.63) is 53.1 Å². The lowest BCUT2D eigenvalue weighted by Crippen LogP contribution is -3.15. The Labute approximate surface area is 165 Å². The fourth-order valence-corrected chi connectivity index (χ4v) is 3.56. The lowest BCUT2D eigenvalue weighted by Gasteiger charge is -2.34. The zero-order chi connectivity index (χ0) is 19.2. The molecule has 2 aromatic carbocycles. The van der Waals surface area contributed by atoms with Gasteiger partial charge in [0.05, 0.1) is 32.8 Å². The van der Waals surface area contributed by atoms with Gasteiger partial charge in [-0.3, -0.25) is 4.79 Å². The fraction of sp³-hybridized carbons (Fsp3) is 0.381. The van der Waals surface area contributed by atoms with Crippen LogP contribution in [0.1, 0.15) is 12.5 Å². The summed E-state index contributed by atoms with van der Waals surface area (Å²) in [5.41, 5.74) is 3.23. The Hall–Kier alpha value is -2.24. The largest absolute Gasteiger partial charge is 0.494 e. The summed E-state index contributed by atoms with van der Waals surface area (Å²) in [6.07, 6.45) is 0. The van der Waals surface area contributed by atoms with Crippen molar-refractivity contribution in [2.24, 2.45) is 0 Å². The van der Waals surface area contributed by atoms with E-state index >= 15 is 0 Å². The van der Waals surface area contributed by atoms with Gasteiger partial charge in [-0.15, -0.1) is 0 Å². The Morgan fingerprint density at radius 1 is 1.19 bits per heavy atom. The molecule has 3 rings (SSSR count). The summed E-state index contributed by atoms with van der Waals surface area (Å²) < 4.78 is 5.42. The molecule has 144 valence electrons. The maximum Gasteiger partial charge on any atom is 0.279 e. The van der Waals surface area contributed by atoms with Crippen molar-refractivity contribution in [2.75, 3.05) is 49.5 Å². The molecule has 1 heterocycles. The number of ether oxygens (including phenoxy) is 1. The van der Waals surface area contributed by atoms with E-state index in [1.54, 1.807) is 0 Å². The molecule has 1 amide bonds. The molecule has 0 aromatic heterocycles. The Kier molecular flexibility index (Phi) is 6.58. The average Bonchev–Trinajstić information content (AvgIpc) is 2.66. The second-order valence-electron chi connectivity index (χ2n) is 6.85. The van der Waals surface area contributed by atoms with Crippen molar-refractivity contribution in [3.63, 3.8) is 0 Å². The molecule has 27 heavy (non-hydrogen) atoms. The standard InChI is InChI=1S/C21H26ClN3O2/c1-3-27-19-8-6-18(7-9-19)23-21(26)15-24-10-12-25(13-11-24)20-14-17(22)5-4-16(20)2/h4-9,14H,3,10-13,15H2,1-2H3,(H,23,26)/p+1. The molecule has 1 aliphatic heterocycles. The van der Waals surface area contributed by atoms with E-state index in [0.29, 0.717) is 13.2 Å². The van der Waals surface area contributed by atoms with Crippen molar-refractivity contribution >= 4 is 28.9 Å². The van der Waals surface area contributed by atoms with Crippen LogP contribution in [0.5, 0.6) is 5.75 Å².